The molecule has 0 radical (unpaired) electrons. The summed E-state index contributed by atoms with van der Waals surface area (Å²) in [4.78, 5) is 4.28. The highest BCUT2D eigenvalue weighted by molar-refractivity contribution is 7.09. The minimum Gasteiger partial charge on any atom is -0.493 e. The van der Waals surface area contributed by atoms with Gasteiger partial charge in [-0.15, -0.1) is 11.3 Å². The molecule has 0 aliphatic heterocycles. The van der Waals surface area contributed by atoms with Gasteiger partial charge in [-0.25, -0.2) is 4.98 Å². The summed E-state index contributed by atoms with van der Waals surface area (Å²) < 4.78 is 16.5. The van der Waals surface area contributed by atoms with Crippen LogP contribution in [0.25, 0.3) is 0 Å². The van der Waals surface area contributed by atoms with Crippen LogP contribution in [0, 0.1) is 0 Å². The molecule has 3 rings (SSSR count). The summed E-state index contributed by atoms with van der Waals surface area (Å²) in [5.74, 6) is 2.24. The Bertz CT molecular complexity index is 786. The summed E-state index contributed by atoms with van der Waals surface area (Å²) in [5.41, 5.74) is 1.74. The van der Waals surface area contributed by atoms with Crippen LogP contribution in [0.4, 0.5) is 0 Å². The Labute approximate surface area is 150 Å². The quantitative estimate of drug-likeness (QED) is 0.611. The molecule has 7 heteroatoms. The Balaban J connectivity index is 1.60. The summed E-state index contributed by atoms with van der Waals surface area (Å²) in [7, 11) is 1.62. The number of ether oxygens (including phenoxy) is 2. The second-order valence-corrected chi connectivity index (χ2v) is 6.29. The van der Waals surface area contributed by atoms with E-state index in [1.54, 1.807) is 13.4 Å². The van der Waals surface area contributed by atoms with Crippen LogP contribution < -0.4 is 14.8 Å². The van der Waals surface area contributed by atoms with Crippen LogP contribution >= 0.6 is 11.3 Å². The minimum absolute atomic E-state index is 0.0589. The maximum Gasteiger partial charge on any atom is 0.162 e. The third-order valence-corrected chi connectivity index (χ3v) is 4.42. The molecule has 0 saturated heterocycles. The average Bonchev–Trinajstić information content (AvgIpc) is 3.31. The number of rotatable bonds is 9. The highest BCUT2D eigenvalue weighted by Crippen LogP contribution is 2.29. The summed E-state index contributed by atoms with van der Waals surface area (Å²) in [5, 5.41) is 15.0. The number of thiazole rings is 1. The highest BCUT2D eigenvalue weighted by atomic mass is 32.1. The third-order valence-electron chi connectivity index (χ3n) is 3.55. The lowest BCUT2D eigenvalue weighted by Gasteiger charge is -2.12. The lowest BCUT2D eigenvalue weighted by Crippen LogP contribution is -2.12. The normalized spacial score (nSPS) is 10.8. The highest BCUT2D eigenvalue weighted by Gasteiger charge is 2.08. The van der Waals surface area contributed by atoms with Gasteiger partial charge in [0.2, 0.25) is 0 Å². The lowest BCUT2D eigenvalue weighted by atomic mass is 10.2. The van der Waals surface area contributed by atoms with Gasteiger partial charge in [0.05, 0.1) is 32.2 Å². The fourth-order valence-electron chi connectivity index (χ4n) is 2.31. The number of nitrogens with one attached hydrogen (secondary N) is 1. The van der Waals surface area contributed by atoms with Crippen molar-refractivity contribution in [2.24, 2.45) is 0 Å². The number of aliphatic hydroxyl groups is 1. The SMILES string of the molecule is COc1ccc(CNCc2ccco2)cc1OCc1nc(CO)cs1. The fourth-order valence-corrected chi connectivity index (χ4v) is 3.01. The van der Waals surface area contributed by atoms with Crippen LogP contribution in [-0.2, 0) is 26.3 Å². The van der Waals surface area contributed by atoms with Crippen LogP contribution in [0.15, 0.2) is 46.4 Å². The number of hydrogen-bond donors (Lipinski definition) is 2. The van der Waals surface area contributed by atoms with Gasteiger partial charge in [0.15, 0.2) is 11.5 Å². The van der Waals surface area contributed by atoms with E-state index in [0.717, 1.165) is 16.3 Å². The molecule has 2 heterocycles. The summed E-state index contributed by atoms with van der Waals surface area (Å²) >= 11 is 1.46. The Morgan fingerprint density at radius 2 is 2.16 bits per heavy atom. The molecule has 0 fully saturated rings. The maximum absolute atomic E-state index is 9.08. The summed E-state index contributed by atoms with van der Waals surface area (Å²) in [6.45, 7) is 1.63. The van der Waals surface area contributed by atoms with Crippen LogP contribution in [-0.4, -0.2) is 17.2 Å². The molecule has 1 aromatic carbocycles. The standard InChI is InChI=1S/C18H20N2O4S/c1-22-16-5-4-13(8-19-9-15-3-2-6-23-15)7-17(16)24-11-18-20-14(10-21)12-25-18/h2-7,12,19,21H,8-11H2,1H3. The molecule has 0 aliphatic rings. The predicted molar refractivity (Wildman–Crippen MR) is 94.6 cm³/mol. The molecule has 0 saturated carbocycles. The van der Waals surface area contributed by atoms with E-state index in [4.69, 9.17) is 19.0 Å². The van der Waals surface area contributed by atoms with E-state index < -0.39 is 0 Å². The predicted octanol–water partition coefficient (Wildman–Crippen LogP) is 3.11. The topological polar surface area (TPSA) is 76.8 Å². The van der Waals surface area contributed by atoms with E-state index in [0.29, 0.717) is 36.9 Å². The molecule has 2 N–H and O–H groups in total. The maximum atomic E-state index is 9.08. The Hall–Kier alpha value is -2.35. The van der Waals surface area contributed by atoms with Crippen molar-refractivity contribution in [3.8, 4) is 11.5 Å². The van der Waals surface area contributed by atoms with Crippen molar-refractivity contribution >= 4 is 11.3 Å². The van der Waals surface area contributed by atoms with Gasteiger partial charge in [-0.05, 0) is 29.8 Å². The molecule has 6 nitrogen and oxygen atoms in total. The Morgan fingerprint density at radius 3 is 2.88 bits per heavy atom. The number of furan rings is 1. The molecule has 0 unspecified atom stereocenters. The smallest absolute Gasteiger partial charge is 0.162 e. The number of methoxy groups -OCH3 is 1. The number of benzene rings is 1. The van der Waals surface area contributed by atoms with E-state index in [9.17, 15) is 0 Å². The minimum atomic E-state index is -0.0589. The van der Waals surface area contributed by atoms with Crippen molar-refractivity contribution in [1.82, 2.24) is 10.3 Å². The van der Waals surface area contributed by atoms with Crippen molar-refractivity contribution < 1.29 is 19.0 Å². The van der Waals surface area contributed by atoms with Crippen molar-refractivity contribution in [2.45, 2.75) is 26.3 Å². The van der Waals surface area contributed by atoms with Crippen LogP contribution in [0.3, 0.4) is 0 Å². The fraction of sp³-hybridized carbons (Fsp3) is 0.278. The Morgan fingerprint density at radius 1 is 1.24 bits per heavy atom. The van der Waals surface area contributed by atoms with Crippen LogP contribution in [0.5, 0.6) is 11.5 Å². The molecule has 2 aromatic heterocycles. The van der Waals surface area contributed by atoms with E-state index in [1.165, 1.54) is 11.3 Å². The van der Waals surface area contributed by atoms with Gasteiger partial charge >= 0.3 is 0 Å². The first-order valence-corrected chi connectivity index (χ1v) is 8.73. The molecule has 0 aliphatic carbocycles. The lowest BCUT2D eigenvalue weighted by molar-refractivity contribution is 0.272. The summed E-state index contributed by atoms with van der Waals surface area (Å²) in [6.07, 6.45) is 1.66. The van der Waals surface area contributed by atoms with Crippen LogP contribution in [0.2, 0.25) is 0 Å². The molecule has 132 valence electrons. The number of hydrogen-bond acceptors (Lipinski definition) is 7. The first-order chi connectivity index (χ1) is 12.3. The second kappa shape index (κ2) is 8.66. The van der Waals surface area contributed by atoms with E-state index in [1.807, 2.05) is 35.7 Å². The molecular formula is C18H20N2O4S. The number of aliphatic hydroxyl groups excluding tert-OH is 1. The van der Waals surface area contributed by atoms with E-state index in [2.05, 4.69) is 10.3 Å². The molecule has 0 spiro atoms. The zero-order valence-electron chi connectivity index (χ0n) is 13.9. The van der Waals surface area contributed by atoms with Gasteiger partial charge in [0, 0.05) is 11.9 Å². The molecule has 25 heavy (non-hydrogen) atoms. The van der Waals surface area contributed by atoms with Gasteiger partial charge in [-0.2, -0.15) is 0 Å². The van der Waals surface area contributed by atoms with Gasteiger partial charge in [-0.1, -0.05) is 6.07 Å². The average molecular weight is 360 g/mol. The molecule has 0 atom stereocenters. The van der Waals surface area contributed by atoms with Crippen molar-refractivity contribution in [1.29, 1.82) is 0 Å². The Kier molecular flexibility index (Phi) is 6.05. The first-order valence-electron chi connectivity index (χ1n) is 7.85. The van der Waals surface area contributed by atoms with E-state index in [-0.39, 0.29) is 6.61 Å². The monoisotopic (exact) mass is 360 g/mol. The zero-order chi connectivity index (χ0) is 17.5. The molecular weight excluding hydrogens is 340 g/mol. The summed E-state index contributed by atoms with van der Waals surface area (Å²) in [6, 6.07) is 9.64. The first kappa shape index (κ1) is 17.5. The largest absolute Gasteiger partial charge is 0.493 e. The second-order valence-electron chi connectivity index (χ2n) is 5.35. The zero-order valence-corrected chi connectivity index (χ0v) is 14.7. The van der Waals surface area contributed by atoms with E-state index >= 15 is 0 Å². The molecule has 3 aromatic rings. The number of nitrogens with zero attached hydrogens (tertiary/aromatic N) is 1. The van der Waals surface area contributed by atoms with Crippen molar-refractivity contribution in [3.05, 3.63) is 64.0 Å². The van der Waals surface area contributed by atoms with Crippen LogP contribution in [0.1, 0.15) is 22.0 Å². The molecule has 0 amide bonds. The van der Waals surface area contributed by atoms with Gasteiger partial charge in [-0.3, -0.25) is 0 Å². The molecule has 0 bridgehead atoms. The third kappa shape index (κ3) is 4.82. The van der Waals surface area contributed by atoms with Gasteiger partial charge in [0.1, 0.15) is 17.4 Å². The number of aromatic nitrogens is 1. The van der Waals surface area contributed by atoms with Crippen molar-refractivity contribution in [2.75, 3.05) is 7.11 Å². The van der Waals surface area contributed by atoms with Gasteiger partial charge in [0.25, 0.3) is 0 Å². The van der Waals surface area contributed by atoms with Gasteiger partial charge < -0.3 is 24.3 Å². The van der Waals surface area contributed by atoms with Crippen molar-refractivity contribution in [3.63, 3.8) is 0 Å².